The molecule has 26 heavy (non-hydrogen) atoms. The van der Waals surface area contributed by atoms with Crippen molar-refractivity contribution in [2.45, 2.75) is 19.3 Å². The molecule has 1 amide bonds. The van der Waals surface area contributed by atoms with Crippen LogP contribution in [0.3, 0.4) is 0 Å². The summed E-state index contributed by atoms with van der Waals surface area (Å²) >= 11 is 0. The lowest BCUT2D eigenvalue weighted by Gasteiger charge is -2.33. The van der Waals surface area contributed by atoms with E-state index in [1.165, 1.54) is 0 Å². The Morgan fingerprint density at radius 1 is 1.35 bits per heavy atom. The molecule has 3 rings (SSSR count). The van der Waals surface area contributed by atoms with Crippen molar-refractivity contribution < 1.29 is 28.9 Å². The summed E-state index contributed by atoms with van der Waals surface area (Å²) in [7, 11) is 3.19. The number of carbonyl (C=O) groups excluding carboxylic acids is 1. The zero-order valence-corrected chi connectivity index (χ0v) is 15.2. The Balaban J connectivity index is 1.67. The third kappa shape index (κ3) is 3.35. The van der Waals surface area contributed by atoms with E-state index in [1.54, 1.807) is 19.1 Å². The van der Waals surface area contributed by atoms with Crippen LogP contribution >= 0.6 is 0 Å². The minimum atomic E-state index is -0.860. The number of rotatable bonds is 6. The highest BCUT2D eigenvalue weighted by Gasteiger charge is 2.54. The van der Waals surface area contributed by atoms with Gasteiger partial charge in [0.1, 0.15) is 11.5 Å². The number of carbonyl (C=O) groups is 2. The molecule has 0 saturated carbocycles. The molecule has 1 aromatic rings. The number of aryl methyl sites for hydroxylation is 1. The maximum atomic E-state index is 12.7. The van der Waals surface area contributed by atoms with Crippen molar-refractivity contribution in [1.29, 1.82) is 0 Å². The summed E-state index contributed by atoms with van der Waals surface area (Å²) in [6.07, 6.45) is 1.27. The van der Waals surface area contributed by atoms with Crippen LogP contribution in [-0.2, 0) is 20.7 Å². The van der Waals surface area contributed by atoms with Gasteiger partial charge in [-0.1, -0.05) is 0 Å². The predicted octanol–water partition coefficient (Wildman–Crippen LogP) is 1.59. The molecule has 7 heteroatoms. The van der Waals surface area contributed by atoms with Crippen LogP contribution in [0.25, 0.3) is 0 Å². The minimum Gasteiger partial charge on any atom is -0.497 e. The number of hydrogen-bond acceptors (Lipinski definition) is 5. The first kappa shape index (κ1) is 18.5. The van der Waals surface area contributed by atoms with Crippen LogP contribution in [0, 0.1) is 11.3 Å². The van der Waals surface area contributed by atoms with Gasteiger partial charge in [0, 0.05) is 32.0 Å². The summed E-state index contributed by atoms with van der Waals surface area (Å²) in [4.78, 5) is 26.2. The average molecular weight is 363 g/mol. The first-order chi connectivity index (χ1) is 12.5. The number of aliphatic carboxylic acids is 1. The number of hydrogen-bond donors (Lipinski definition) is 1. The van der Waals surface area contributed by atoms with Crippen LogP contribution in [0.15, 0.2) is 18.2 Å². The highest BCUT2D eigenvalue weighted by Crippen LogP contribution is 2.42. The molecule has 0 unspecified atom stereocenters. The van der Waals surface area contributed by atoms with Gasteiger partial charge in [-0.3, -0.25) is 9.59 Å². The third-order valence-electron chi connectivity index (χ3n) is 5.58. The molecule has 2 saturated heterocycles. The van der Waals surface area contributed by atoms with Gasteiger partial charge in [0.15, 0.2) is 0 Å². The number of amides is 1. The third-order valence-corrected chi connectivity index (χ3v) is 5.58. The fourth-order valence-corrected chi connectivity index (χ4v) is 3.97. The van der Waals surface area contributed by atoms with Gasteiger partial charge in [0.2, 0.25) is 5.91 Å². The van der Waals surface area contributed by atoms with Crippen molar-refractivity contribution in [2.75, 3.05) is 40.5 Å². The fraction of sp³-hybridized carbons (Fsp3) is 0.579. The number of carboxylic acids is 1. The smallest absolute Gasteiger partial charge is 0.311 e. The molecule has 2 fully saturated rings. The number of ether oxygens (including phenoxy) is 3. The van der Waals surface area contributed by atoms with Gasteiger partial charge < -0.3 is 24.2 Å². The minimum absolute atomic E-state index is 0.0371. The highest BCUT2D eigenvalue weighted by atomic mass is 16.5. The second kappa shape index (κ2) is 7.53. The van der Waals surface area contributed by atoms with Crippen molar-refractivity contribution in [3.05, 3.63) is 23.8 Å². The monoisotopic (exact) mass is 363 g/mol. The maximum Gasteiger partial charge on any atom is 0.311 e. The Kier molecular flexibility index (Phi) is 5.36. The quantitative estimate of drug-likeness (QED) is 0.826. The topological polar surface area (TPSA) is 85.3 Å². The Morgan fingerprint density at radius 2 is 2.15 bits per heavy atom. The van der Waals surface area contributed by atoms with Gasteiger partial charge in [0.05, 0.1) is 26.2 Å². The van der Waals surface area contributed by atoms with E-state index in [-0.39, 0.29) is 18.4 Å². The van der Waals surface area contributed by atoms with E-state index in [1.807, 2.05) is 18.2 Å². The van der Waals surface area contributed by atoms with E-state index in [2.05, 4.69) is 0 Å². The van der Waals surface area contributed by atoms with E-state index in [4.69, 9.17) is 14.2 Å². The SMILES string of the molecule is COc1ccc(OC)c(CCC(=O)N2C[C@H]3COCC[C@@]3(C(=O)O)C2)c1. The zero-order chi connectivity index (χ0) is 18.7. The summed E-state index contributed by atoms with van der Waals surface area (Å²) in [5, 5.41) is 9.71. The summed E-state index contributed by atoms with van der Waals surface area (Å²) in [5.74, 6) is 0.427. The molecule has 2 aliphatic heterocycles. The van der Waals surface area contributed by atoms with Crippen molar-refractivity contribution in [1.82, 2.24) is 4.90 Å². The number of carboxylic acid groups (broad SMARTS) is 1. The van der Waals surface area contributed by atoms with Crippen molar-refractivity contribution in [2.24, 2.45) is 11.3 Å². The lowest BCUT2D eigenvalue weighted by atomic mass is 9.74. The number of methoxy groups -OCH3 is 2. The lowest BCUT2D eigenvalue weighted by molar-refractivity contribution is -0.157. The number of likely N-dealkylation sites (tertiary alicyclic amines) is 1. The molecule has 1 N–H and O–H groups in total. The largest absolute Gasteiger partial charge is 0.497 e. The molecule has 1 aromatic carbocycles. The summed E-state index contributed by atoms with van der Waals surface area (Å²) in [5.41, 5.74) is 0.0368. The molecule has 2 aliphatic rings. The average Bonchev–Trinajstić information content (AvgIpc) is 3.07. The van der Waals surface area contributed by atoms with Crippen molar-refractivity contribution in [3.8, 4) is 11.5 Å². The molecular formula is C19H25NO6. The number of benzene rings is 1. The number of fused-ring (bicyclic) bond motifs is 1. The van der Waals surface area contributed by atoms with E-state index >= 15 is 0 Å². The summed E-state index contributed by atoms with van der Waals surface area (Å²) in [6.45, 7) is 1.55. The first-order valence-electron chi connectivity index (χ1n) is 8.80. The normalized spacial score (nSPS) is 24.8. The Morgan fingerprint density at radius 3 is 2.81 bits per heavy atom. The van der Waals surface area contributed by atoms with Crippen LogP contribution in [0.4, 0.5) is 0 Å². The van der Waals surface area contributed by atoms with Gasteiger partial charge in [-0.05, 0) is 36.6 Å². The molecule has 0 spiro atoms. The van der Waals surface area contributed by atoms with Crippen LogP contribution in [0.5, 0.6) is 11.5 Å². The van der Waals surface area contributed by atoms with E-state index < -0.39 is 11.4 Å². The van der Waals surface area contributed by atoms with E-state index in [9.17, 15) is 14.7 Å². The molecule has 2 atom stereocenters. The van der Waals surface area contributed by atoms with Crippen molar-refractivity contribution >= 4 is 11.9 Å². The van der Waals surface area contributed by atoms with Gasteiger partial charge in [0.25, 0.3) is 0 Å². The summed E-state index contributed by atoms with van der Waals surface area (Å²) in [6, 6.07) is 5.49. The van der Waals surface area contributed by atoms with E-state index in [0.717, 1.165) is 5.56 Å². The number of nitrogens with zero attached hydrogens (tertiary/aromatic N) is 1. The first-order valence-corrected chi connectivity index (χ1v) is 8.80. The fourth-order valence-electron chi connectivity index (χ4n) is 3.97. The van der Waals surface area contributed by atoms with Crippen molar-refractivity contribution in [3.63, 3.8) is 0 Å². The lowest BCUT2D eigenvalue weighted by Crippen LogP contribution is -2.45. The van der Waals surface area contributed by atoms with Gasteiger partial charge in [-0.2, -0.15) is 0 Å². The van der Waals surface area contributed by atoms with Gasteiger partial charge in [-0.15, -0.1) is 0 Å². The molecule has 0 aromatic heterocycles. The second-order valence-electron chi connectivity index (χ2n) is 6.94. The molecule has 7 nitrogen and oxygen atoms in total. The molecule has 0 aliphatic carbocycles. The molecule has 0 radical (unpaired) electrons. The molecule has 0 bridgehead atoms. The van der Waals surface area contributed by atoms with Crippen LogP contribution in [0.2, 0.25) is 0 Å². The Labute approximate surface area is 152 Å². The molecule has 142 valence electrons. The Hall–Kier alpha value is -2.28. The van der Waals surface area contributed by atoms with Crippen LogP contribution in [0.1, 0.15) is 18.4 Å². The molecule has 2 heterocycles. The van der Waals surface area contributed by atoms with Gasteiger partial charge in [-0.25, -0.2) is 0 Å². The van der Waals surface area contributed by atoms with E-state index in [0.29, 0.717) is 50.5 Å². The highest BCUT2D eigenvalue weighted by molar-refractivity contribution is 5.81. The Bertz CT molecular complexity index is 691. The standard InChI is InChI=1S/C19H25NO6/c1-24-15-4-5-16(25-2)13(9-15)3-6-17(21)20-10-14-11-26-8-7-19(14,12-20)18(22)23/h4-5,9,14H,3,6-8,10-12H2,1-2H3,(H,22,23)/t14-,19+/m0/s1. The van der Waals surface area contributed by atoms with Crippen LogP contribution in [-0.4, -0.2) is 62.4 Å². The van der Waals surface area contributed by atoms with Crippen LogP contribution < -0.4 is 9.47 Å². The van der Waals surface area contributed by atoms with Gasteiger partial charge >= 0.3 is 5.97 Å². The summed E-state index contributed by atoms with van der Waals surface area (Å²) < 4.78 is 16.0. The predicted molar refractivity (Wildman–Crippen MR) is 93.4 cm³/mol. The molecular weight excluding hydrogens is 338 g/mol. The maximum absolute atomic E-state index is 12.7. The zero-order valence-electron chi connectivity index (χ0n) is 15.2. The second-order valence-corrected chi connectivity index (χ2v) is 6.94.